The Labute approximate surface area is 121 Å². The maximum absolute atomic E-state index is 12.0. The molecule has 0 unspecified atom stereocenters. The van der Waals surface area contributed by atoms with E-state index in [0.29, 0.717) is 0 Å². The van der Waals surface area contributed by atoms with E-state index in [-0.39, 0.29) is 24.2 Å². The van der Waals surface area contributed by atoms with Crippen LogP contribution in [0.4, 0.5) is 0 Å². The first kappa shape index (κ1) is 16.4. The summed E-state index contributed by atoms with van der Waals surface area (Å²) in [5.41, 5.74) is 1.93. The van der Waals surface area contributed by atoms with Crippen LogP contribution < -0.4 is 10.0 Å². The largest absolute Gasteiger partial charge is 0.317 e. The van der Waals surface area contributed by atoms with E-state index < -0.39 is 10.0 Å². The van der Waals surface area contributed by atoms with Crippen molar-refractivity contribution < 1.29 is 8.42 Å². The van der Waals surface area contributed by atoms with E-state index in [9.17, 15) is 8.42 Å². The molecule has 1 aromatic carbocycles. The highest BCUT2D eigenvalue weighted by Gasteiger charge is 2.20. The lowest BCUT2D eigenvalue weighted by Crippen LogP contribution is -2.43. The van der Waals surface area contributed by atoms with Crippen LogP contribution in [0.1, 0.15) is 24.0 Å². The lowest BCUT2D eigenvalue weighted by atomic mass is 10.1. The van der Waals surface area contributed by atoms with Crippen LogP contribution >= 0.6 is 12.4 Å². The van der Waals surface area contributed by atoms with E-state index in [0.717, 1.165) is 37.1 Å². The van der Waals surface area contributed by atoms with Gasteiger partial charge in [0.2, 0.25) is 10.0 Å². The molecular weight excluding hydrogens is 284 g/mol. The summed E-state index contributed by atoms with van der Waals surface area (Å²) in [4.78, 5) is 0. The molecule has 0 spiro atoms. The normalized spacial score (nSPS) is 16.9. The lowest BCUT2D eigenvalue weighted by molar-refractivity contribution is 0.427. The van der Waals surface area contributed by atoms with Crippen LogP contribution in [0.3, 0.4) is 0 Å². The smallest absolute Gasteiger partial charge is 0.216 e. The Morgan fingerprint density at radius 3 is 2.63 bits per heavy atom. The van der Waals surface area contributed by atoms with Crippen molar-refractivity contribution in [1.82, 2.24) is 10.0 Å². The van der Waals surface area contributed by atoms with Crippen molar-refractivity contribution in [3.8, 4) is 0 Å². The van der Waals surface area contributed by atoms with Crippen molar-refractivity contribution in [2.45, 2.75) is 31.6 Å². The molecule has 0 atom stereocenters. The standard InChI is InChI=1S/C13H20N2O2S.ClH/c1-11-3-2-4-12(9-11)10-18(16,17)15-13-5-7-14-8-6-13;/h2-4,9,13-15H,5-8,10H2,1H3;1H. The Bertz CT molecular complexity index is 499. The molecular formula is C13H21ClN2O2S. The van der Waals surface area contributed by atoms with Gasteiger partial charge in [0.25, 0.3) is 0 Å². The third-order valence-corrected chi connectivity index (χ3v) is 4.53. The number of hydrogen-bond donors (Lipinski definition) is 2. The van der Waals surface area contributed by atoms with Crippen LogP contribution in [0, 0.1) is 6.92 Å². The highest BCUT2D eigenvalue weighted by atomic mass is 35.5. The van der Waals surface area contributed by atoms with Gasteiger partial charge in [-0.05, 0) is 38.4 Å². The fourth-order valence-electron chi connectivity index (χ4n) is 2.26. The number of benzene rings is 1. The molecule has 2 rings (SSSR count). The molecule has 0 bridgehead atoms. The molecule has 1 heterocycles. The van der Waals surface area contributed by atoms with Crippen LogP contribution in [0.25, 0.3) is 0 Å². The van der Waals surface area contributed by atoms with Gasteiger partial charge >= 0.3 is 0 Å². The van der Waals surface area contributed by atoms with Crippen molar-refractivity contribution in [2.24, 2.45) is 0 Å². The Hall–Kier alpha value is -0.620. The van der Waals surface area contributed by atoms with Gasteiger partial charge in [-0.3, -0.25) is 0 Å². The molecule has 1 fully saturated rings. The fourth-order valence-corrected chi connectivity index (χ4v) is 3.70. The Morgan fingerprint density at radius 1 is 1.32 bits per heavy atom. The molecule has 0 aromatic heterocycles. The van der Waals surface area contributed by atoms with Gasteiger partial charge < -0.3 is 5.32 Å². The molecule has 1 aliphatic rings. The topological polar surface area (TPSA) is 58.2 Å². The van der Waals surface area contributed by atoms with Crippen molar-refractivity contribution >= 4 is 22.4 Å². The van der Waals surface area contributed by atoms with Crippen LogP contribution in [0.2, 0.25) is 0 Å². The van der Waals surface area contributed by atoms with Gasteiger partial charge in [0.1, 0.15) is 0 Å². The number of rotatable bonds is 4. The summed E-state index contributed by atoms with van der Waals surface area (Å²) in [6, 6.07) is 7.72. The monoisotopic (exact) mass is 304 g/mol. The van der Waals surface area contributed by atoms with Crippen molar-refractivity contribution in [1.29, 1.82) is 0 Å². The van der Waals surface area contributed by atoms with E-state index in [4.69, 9.17) is 0 Å². The van der Waals surface area contributed by atoms with Gasteiger partial charge in [-0.15, -0.1) is 12.4 Å². The zero-order chi connectivity index (χ0) is 13.0. The predicted octanol–water partition coefficient (Wildman–Crippen LogP) is 1.59. The van der Waals surface area contributed by atoms with Crippen LogP contribution in [-0.2, 0) is 15.8 Å². The van der Waals surface area contributed by atoms with Crippen molar-refractivity contribution in [3.05, 3.63) is 35.4 Å². The van der Waals surface area contributed by atoms with Gasteiger partial charge in [0.15, 0.2) is 0 Å². The van der Waals surface area contributed by atoms with Gasteiger partial charge in [-0.2, -0.15) is 0 Å². The summed E-state index contributed by atoms with van der Waals surface area (Å²) in [5.74, 6) is 0.0681. The van der Waals surface area contributed by atoms with E-state index in [1.165, 1.54) is 0 Å². The summed E-state index contributed by atoms with van der Waals surface area (Å²) >= 11 is 0. The summed E-state index contributed by atoms with van der Waals surface area (Å²) in [5, 5.41) is 3.22. The molecule has 1 aliphatic heterocycles. The quantitative estimate of drug-likeness (QED) is 0.888. The first-order valence-electron chi connectivity index (χ1n) is 6.31. The number of aryl methyl sites for hydroxylation is 1. The molecule has 0 aliphatic carbocycles. The second kappa shape index (κ2) is 7.24. The Morgan fingerprint density at radius 2 is 2.00 bits per heavy atom. The third kappa shape index (κ3) is 5.48. The average Bonchev–Trinajstić information content (AvgIpc) is 2.28. The molecule has 6 heteroatoms. The molecule has 19 heavy (non-hydrogen) atoms. The second-order valence-electron chi connectivity index (χ2n) is 4.89. The molecule has 2 N–H and O–H groups in total. The maximum Gasteiger partial charge on any atom is 0.216 e. The summed E-state index contributed by atoms with van der Waals surface area (Å²) in [7, 11) is -3.23. The minimum Gasteiger partial charge on any atom is -0.317 e. The Kier molecular flexibility index (Phi) is 6.26. The fraction of sp³-hybridized carbons (Fsp3) is 0.538. The van der Waals surface area contributed by atoms with Gasteiger partial charge in [0.05, 0.1) is 5.75 Å². The number of piperidine rings is 1. The van der Waals surface area contributed by atoms with E-state index in [1.807, 2.05) is 31.2 Å². The van der Waals surface area contributed by atoms with Crippen LogP contribution in [-0.4, -0.2) is 27.5 Å². The van der Waals surface area contributed by atoms with Gasteiger partial charge in [0, 0.05) is 6.04 Å². The summed E-state index contributed by atoms with van der Waals surface area (Å²) in [6.07, 6.45) is 1.74. The van der Waals surface area contributed by atoms with Crippen LogP contribution in [0.15, 0.2) is 24.3 Å². The van der Waals surface area contributed by atoms with E-state index in [2.05, 4.69) is 10.0 Å². The molecule has 0 amide bonds. The summed E-state index contributed by atoms with van der Waals surface area (Å²) in [6.45, 7) is 3.74. The number of hydrogen-bond acceptors (Lipinski definition) is 3. The molecule has 108 valence electrons. The number of halogens is 1. The molecule has 0 saturated carbocycles. The zero-order valence-corrected chi connectivity index (χ0v) is 12.7. The molecule has 1 aromatic rings. The summed E-state index contributed by atoms with van der Waals surface area (Å²) < 4.78 is 26.9. The third-order valence-electron chi connectivity index (χ3n) is 3.12. The molecule has 0 radical (unpaired) electrons. The first-order valence-corrected chi connectivity index (χ1v) is 7.97. The molecule has 1 saturated heterocycles. The van der Waals surface area contributed by atoms with Gasteiger partial charge in [-0.25, -0.2) is 13.1 Å². The predicted molar refractivity (Wildman–Crippen MR) is 80.1 cm³/mol. The zero-order valence-electron chi connectivity index (χ0n) is 11.1. The van der Waals surface area contributed by atoms with Crippen molar-refractivity contribution in [2.75, 3.05) is 13.1 Å². The van der Waals surface area contributed by atoms with E-state index >= 15 is 0 Å². The number of nitrogens with one attached hydrogen (secondary N) is 2. The maximum atomic E-state index is 12.0. The van der Waals surface area contributed by atoms with Gasteiger partial charge in [-0.1, -0.05) is 29.8 Å². The highest BCUT2D eigenvalue weighted by molar-refractivity contribution is 7.88. The highest BCUT2D eigenvalue weighted by Crippen LogP contribution is 2.10. The van der Waals surface area contributed by atoms with Crippen molar-refractivity contribution in [3.63, 3.8) is 0 Å². The Balaban J connectivity index is 0.00000180. The molecule has 4 nitrogen and oxygen atoms in total. The second-order valence-corrected chi connectivity index (χ2v) is 6.64. The van der Waals surface area contributed by atoms with Crippen LogP contribution in [0.5, 0.6) is 0 Å². The number of sulfonamides is 1. The van der Waals surface area contributed by atoms with E-state index in [1.54, 1.807) is 0 Å². The minimum absolute atomic E-state index is 0. The first-order chi connectivity index (χ1) is 8.55. The lowest BCUT2D eigenvalue weighted by Gasteiger charge is -2.23. The SMILES string of the molecule is Cc1cccc(CS(=O)(=O)NC2CCNCC2)c1.Cl. The average molecular weight is 305 g/mol. The minimum atomic E-state index is -3.23.